The van der Waals surface area contributed by atoms with Gasteiger partial charge in [0.25, 0.3) is 5.91 Å². The first kappa shape index (κ1) is 11.2. The van der Waals surface area contributed by atoms with E-state index in [-0.39, 0.29) is 18.2 Å². The van der Waals surface area contributed by atoms with Crippen molar-refractivity contribution in [3.63, 3.8) is 0 Å². The minimum atomic E-state index is -0.183. The molecular formula is C16H17NO2. The number of carbonyl (C=O) groups is 1. The highest BCUT2D eigenvalue weighted by molar-refractivity contribution is 5.97. The van der Waals surface area contributed by atoms with Gasteiger partial charge in [0.1, 0.15) is 0 Å². The number of carbonyl (C=O) groups excluding carboxylic acids is 1. The van der Waals surface area contributed by atoms with Crippen LogP contribution >= 0.6 is 0 Å². The second-order valence-corrected chi connectivity index (χ2v) is 5.60. The summed E-state index contributed by atoms with van der Waals surface area (Å²) in [6.07, 6.45) is 4.20. The number of ether oxygens (including phenoxy) is 1. The Labute approximate surface area is 112 Å². The number of amides is 1. The lowest BCUT2D eigenvalue weighted by molar-refractivity contribution is -0.131. The van der Waals surface area contributed by atoms with Crippen LogP contribution < -0.4 is 0 Å². The summed E-state index contributed by atoms with van der Waals surface area (Å²) in [7, 11) is 0. The molecule has 0 spiro atoms. The molecule has 2 saturated heterocycles. The van der Waals surface area contributed by atoms with E-state index in [4.69, 9.17) is 4.74 Å². The van der Waals surface area contributed by atoms with Gasteiger partial charge < -0.3 is 9.64 Å². The van der Waals surface area contributed by atoms with Crippen LogP contribution in [0.1, 0.15) is 37.5 Å². The standard InChI is InChI=1S/C16H17NO2/c18-15-14(11-7-4-8-11)9-13-10-19-16(17(13)15)12-5-2-1-3-6-12/h1-3,5-6,13,16H,4,7-10H2/t13?,16-/m1/s1. The molecule has 1 aliphatic carbocycles. The van der Waals surface area contributed by atoms with Gasteiger partial charge in [-0.05, 0) is 19.3 Å². The molecule has 4 rings (SSSR count). The summed E-state index contributed by atoms with van der Waals surface area (Å²) >= 11 is 0. The third-order valence-corrected chi connectivity index (χ3v) is 4.49. The first-order chi connectivity index (χ1) is 9.34. The van der Waals surface area contributed by atoms with Crippen molar-refractivity contribution in [2.24, 2.45) is 0 Å². The molecule has 1 unspecified atom stereocenters. The minimum absolute atomic E-state index is 0.183. The highest BCUT2D eigenvalue weighted by Crippen LogP contribution is 2.43. The molecule has 0 aromatic heterocycles. The summed E-state index contributed by atoms with van der Waals surface area (Å²) in [5.41, 5.74) is 3.56. The zero-order valence-electron chi connectivity index (χ0n) is 10.8. The average Bonchev–Trinajstić information content (AvgIpc) is 2.91. The molecule has 2 aliphatic heterocycles. The topological polar surface area (TPSA) is 29.5 Å². The van der Waals surface area contributed by atoms with Crippen LogP contribution in [0.5, 0.6) is 0 Å². The van der Waals surface area contributed by atoms with Gasteiger partial charge in [0, 0.05) is 17.6 Å². The van der Waals surface area contributed by atoms with Crippen molar-refractivity contribution in [2.45, 2.75) is 38.0 Å². The van der Waals surface area contributed by atoms with Gasteiger partial charge in [-0.3, -0.25) is 4.79 Å². The Morgan fingerprint density at radius 1 is 1.16 bits per heavy atom. The highest BCUT2D eigenvalue weighted by atomic mass is 16.5. The van der Waals surface area contributed by atoms with Crippen LogP contribution in [0.2, 0.25) is 0 Å². The Kier molecular flexibility index (Phi) is 2.49. The van der Waals surface area contributed by atoms with Crippen molar-refractivity contribution in [3.05, 3.63) is 47.0 Å². The number of allylic oxidation sites excluding steroid dienone is 1. The van der Waals surface area contributed by atoms with Crippen molar-refractivity contribution in [1.82, 2.24) is 4.90 Å². The maximum absolute atomic E-state index is 12.6. The van der Waals surface area contributed by atoms with Gasteiger partial charge in [0.05, 0.1) is 12.6 Å². The third-order valence-electron chi connectivity index (χ3n) is 4.49. The Balaban J connectivity index is 1.66. The molecule has 3 aliphatic rings. The minimum Gasteiger partial charge on any atom is -0.352 e. The fraction of sp³-hybridized carbons (Fsp3) is 0.438. The fourth-order valence-corrected chi connectivity index (χ4v) is 3.29. The zero-order valence-corrected chi connectivity index (χ0v) is 10.8. The number of benzene rings is 1. The molecule has 19 heavy (non-hydrogen) atoms. The van der Waals surface area contributed by atoms with Gasteiger partial charge in [-0.25, -0.2) is 0 Å². The van der Waals surface area contributed by atoms with Crippen LogP contribution in [0.25, 0.3) is 0 Å². The molecule has 3 nitrogen and oxygen atoms in total. The quantitative estimate of drug-likeness (QED) is 0.722. The smallest absolute Gasteiger partial charge is 0.252 e. The van der Waals surface area contributed by atoms with Crippen molar-refractivity contribution in [3.8, 4) is 0 Å². The normalized spacial score (nSPS) is 29.7. The molecule has 0 N–H and O–H groups in total. The lowest BCUT2D eigenvalue weighted by Gasteiger charge is -2.23. The van der Waals surface area contributed by atoms with Crippen LogP contribution in [-0.4, -0.2) is 23.5 Å². The van der Waals surface area contributed by atoms with E-state index < -0.39 is 0 Å². The molecule has 2 heterocycles. The maximum Gasteiger partial charge on any atom is 0.252 e. The summed E-state index contributed by atoms with van der Waals surface area (Å²) in [4.78, 5) is 14.5. The summed E-state index contributed by atoms with van der Waals surface area (Å²) < 4.78 is 5.84. The molecule has 2 atom stereocenters. The van der Waals surface area contributed by atoms with E-state index in [1.165, 1.54) is 12.0 Å². The third kappa shape index (κ3) is 1.65. The Hall–Kier alpha value is -1.61. The maximum atomic E-state index is 12.6. The van der Waals surface area contributed by atoms with E-state index in [1.54, 1.807) is 0 Å². The largest absolute Gasteiger partial charge is 0.352 e. The molecule has 0 bridgehead atoms. The van der Waals surface area contributed by atoms with E-state index in [0.717, 1.165) is 30.4 Å². The van der Waals surface area contributed by atoms with Crippen molar-refractivity contribution >= 4 is 5.91 Å². The first-order valence-electron chi connectivity index (χ1n) is 7.05. The lowest BCUT2D eigenvalue weighted by atomic mass is 9.87. The lowest BCUT2D eigenvalue weighted by Crippen LogP contribution is -2.31. The van der Waals surface area contributed by atoms with Crippen molar-refractivity contribution in [2.75, 3.05) is 6.61 Å². The molecule has 1 saturated carbocycles. The zero-order chi connectivity index (χ0) is 12.8. The summed E-state index contributed by atoms with van der Waals surface area (Å²) in [6.45, 7) is 0.669. The Morgan fingerprint density at radius 2 is 1.95 bits per heavy atom. The van der Waals surface area contributed by atoms with Gasteiger partial charge in [-0.2, -0.15) is 0 Å². The van der Waals surface area contributed by atoms with Crippen LogP contribution in [0, 0.1) is 0 Å². The molecule has 3 heteroatoms. The predicted molar refractivity (Wildman–Crippen MR) is 71.3 cm³/mol. The van der Waals surface area contributed by atoms with Gasteiger partial charge in [0.2, 0.25) is 0 Å². The molecule has 98 valence electrons. The second-order valence-electron chi connectivity index (χ2n) is 5.60. The van der Waals surface area contributed by atoms with E-state index in [2.05, 4.69) is 0 Å². The highest BCUT2D eigenvalue weighted by Gasteiger charge is 2.46. The molecular weight excluding hydrogens is 238 g/mol. The summed E-state index contributed by atoms with van der Waals surface area (Å²) in [5.74, 6) is 0.214. The van der Waals surface area contributed by atoms with E-state index in [0.29, 0.717) is 6.61 Å². The van der Waals surface area contributed by atoms with E-state index in [1.807, 2.05) is 35.2 Å². The van der Waals surface area contributed by atoms with Gasteiger partial charge in [-0.15, -0.1) is 0 Å². The molecule has 3 fully saturated rings. The summed E-state index contributed by atoms with van der Waals surface area (Å²) in [5, 5.41) is 0. The van der Waals surface area contributed by atoms with Crippen LogP contribution in [0.3, 0.4) is 0 Å². The Bertz CT molecular complexity index is 543. The van der Waals surface area contributed by atoms with Crippen LogP contribution in [0.15, 0.2) is 41.5 Å². The molecule has 1 aromatic rings. The van der Waals surface area contributed by atoms with E-state index >= 15 is 0 Å². The second kappa shape index (κ2) is 4.20. The monoisotopic (exact) mass is 255 g/mol. The number of rotatable bonds is 1. The number of nitrogens with zero attached hydrogens (tertiary/aromatic N) is 1. The predicted octanol–water partition coefficient (Wildman–Crippen LogP) is 2.80. The Morgan fingerprint density at radius 3 is 2.63 bits per heavy atom. The van der Waals surface area contributed by atoms with E-state index in [9.17, 15) is 4.79 Å². The number of fused-ring (bicyclic) bond motifs is 1. The number of hydrogen-bond donors (Lipinski definition) is 0. The number of hydrogen-bond acceptors (Lipinski definition) is 2. The molecule has 1 aromatic carbocycles. The van der Waals surface area contributed by atoms with Crippen molar-refractivity contribution in [1.29, 1.82) is 0 Å². The van der Waals surface area contributed by atoms with Crippen LogP contribution in [-0.2, 0) is 9.53 Å². The fourth-order valence-electron chi connectivity index (χ4n) is 3.29. The van der Waals surface area contributed by atoms with Crippen LogP contribution in [0.4, 0.5) is 0 Å². The SMILES string of the molecule is O=C1C(=C2CCC2)CC2CO[C@H](c3ccccc3)N12. The van der Waals surface area contributed by atoms with Crippen molar-refractivity contribution < 1.29 is 9.53 Å². The molecule has 0 radical (unpaired) electrons. The van der Waals surface area contributed by atoms with Gasteiger partial charge in [0.15, 0.2) is 6.23 Å². The first-order valence-corrected chi connectivity index (χ1v) is 7.05. The summed E-state index contributed by atoms with van der Waals surface area (Å²) in [6, 6.07) is 10.3. The van der Waals surface area contributed by atoms with Gasteiger partial charge in [-0.1, -0.05) is 35.9 Å². The van der Waals surface area contributed by atoms with Gasteiger partial charge >= 0.3 is 0 Å². The average molecular weight is 255 g/mol. The molecule has 1 amide bonds.